The molecule has 0 aromatic heterocycles. The van der Waals surface area contributed by atoms with Gasteiger partial charge >= 0.3 is 0 Å². The zero-order valence-electron chi connectivity index (χ0n) is 11.0. The van der Waals surface area contributed by atoms with Gasteiger partial charge < -0.3 is 10.6 Å². The molecule has 0 aliphatic carbocycles. The predicted octanol–water partition coefficient (Wildman–Crippen LogP) is 1.78. The highest BCUT2D eigenvalue weighted by atomic mass is 16.2. The van der Waals surface area contributed by atoms with Crippen LogP contribution in [0.15, 0.2) is 0 Å². The average Bonchev–Trinajstić information content (AvgIpc) is 2.63. The van der Waals surface area contributed by atoms with E-state index in [4.69, 9.17) is 0 Å². The normalized spacial score (nSPS) is 28.8. The summed E-state index contributed by atoms with van der Waals surface area (Å²) in [5.41, 5.74) is 0. The van der Waals surface area contributed by atoms with Crippen LogP contribution in [0.1, 0.15) is 40.5 Å². The molecule has 2 N–H and O–H groups in total. The number of amides is 1. The van der Waals surface area contributed by atoms with E-state index in [9.17, 15) is 4.79 Å². The first-order chi connectivity index (χ1) is 7.54. The standard InChI is InChI=1S/C13H26N2O/c1-5-9(2)6-11(4)15-13(16)12-8-14-7-10(12)3/h9-12,14H,5-8H2,1-4H3,(H,15,16). The summed E-state index contributed by atoms with van der Waals surface area (Å²) in [6, 6.07) is 0.301. The van der Waals surface area contributed by atoms with Gasteiger partial charge in [0.05, 0.1) is 5.92 Å². The number of hydrogen-bond acceptors (Lipinski definition) is 2. The SMILES string of the molecule is CCC(C)CC(C)NC(=O)C1CNCC1C. The van der Waals surface area contributed by atoms with Gasteiger partial charge in [0.25, 0.3) is 0 Å². The second-order valence-corrected chi connectivity index (χ2v) is 5.40. The molecule has 94 valence electrons. The molecule has 0 spiro atoms. The predicted molar refractivity (Wildman–Crippen MR) is 67.2 cm³/mol. The van der Waals surface area contributed by atoms with Crippen LogP contribution >= 0.6 is 0 Å². The molecule has 1 fully saturated rings. The fraction of sp³-hybridized carbons (Fsp3) is 0.923. The molecule has 1 aliphatic heterocycles. The minimum Gasteiger partial charge on any atom is -0.353 e. The third-order valence-electron chi connectivity index (χ3n) is 3.70. The van der Waals surface area contributed by atoms with Gasteiger partial charge in [-0.15, -0.1) is 0 Å². The lowest BCUT2D eigenvalue weighted by Crippen LogP contribution is -2.40. The fourth-order valence-corrected chi connectivity index (χ4v) is 2.34. The second kappa shape index (κ2) is 6.24. The van der Waals surface area contributed by atoms with Crippen LogP contribution in [-0.2, 0) is 4.79 Å². The van der Waals surface area contributed by atoms with Gasteiger partial charge in [0.2, 0.25) is 5.91 Å². The highest BCUT2D eigenvalue weighted by Gasteiger charge is 2.30. The Bertz CT molecular complexity index is 230. The van der Waals surface area contributed by atoms with E-state index >= 15 is 0 Å². The Morgan fingerprint density at radius 2 is 2.12 bits per heavy atom. The van der Waals surface area contributed by atoms with E-state index in [2.05, 4.69) is 38.3 Å². The molecular formula is C13H26N2O. The van der Waals surface area contributed by atoms with Gasteiger partial charge in [-0.1, -0.05) is 27.2 Å². The van der Waals surface area contributed by atoms with E-state index in [1.54, 1.807) is 0 Å². The Kier molecular flexibility index (Phi) is 5.26. The van der Waals surface area contributed by atoms with E-state index in [0.29, 0.717) is 17.9 Å². The fourth-order valence-electron chi connectivity index (χ4n) is 2.34. The van der Waals surface area contributed by atoms with Crippen LogP contribution in [0.3, 0.4) is 0 Å². The Hall–Kier alpha value is -0.570. The molecule has 1 heterocycles. The van der Waals surface area contributed by atoms with E-state index in [0.717, 1.165) is 19.5 Å². The second-order valence-electron chi connectivity index (χ2n) is 5.40. The molecule has 1 amide bonds. The molecule has 0 aromatic carbocycles. The highest BCUT2D eigenvalue weighted by molar-refractivity contribution is 5.79. The van der Waals surface area contributed by atoms with E-state index in [1.165, 1.54) is 6.42 Å². The number of hydrogen-bond donors (Lipinski definition) is 2. The van der Waals surface area contributed by atoms with Gasteiger partial charge in [-0.05, 0) is 31.7 Å². The van der Waals surface area contributed by atoms with Crippen LogP contribution in [0.2, 0.25) is 0 Å². The molecule has 4 unspecified atom stereocenters. The zero-order valence-corrected chi connectivity index (χ0v) is 11.0. The molecule has 0 radical (unpaired) electrons. The molecular weight excluding hydrogens is 200 g/mol. The number of nitrogens with one attached hydrogen (secondary N) is 2. The molecule has 1 rings (SSSR count). The molecule has 0 aromatic rings. The largest absolute Gasteiger partial charge is 0.353 e. The van der Waals surface area contributed by atoms with Gasteiger partial charge in [0.15, 0.2) is 0 Å². The van der Waals surface area contributed by atoms with E-state index < -0.39 is 0 Å². The number of rotatable bonds is 5. The zero-order chi connectivity index (χ0) is 12.1. The smallest absolute Gasteiger partial charge is 0.224 e. The first-order valence-corrected chi connectivity index (χ1v) is 6.55. The minimum atomic E-state index is 0.166. The maximum atomic E-state index is 12.0. The van der Waals surface area contributed by atoms with Crippen molar-refractivity contribution in [1.82, 2.24) is 10.6 Å². The van der Waals surface area contributed by atoms with Crippen LogP contribution in [0, 0.1) is 17.8 Å². The quantitative estimate of drug-likeness (QED) is 0.750. The van der Waals surface area contributed by atoms with Gasteiger partial charge in [-0.3, -0.25) is 4.79 Å². The maximum absolute atomic E-state index is 12.0. The van der Waals surface area contributed by atoms with Crippen LogP contribution in [0.4, 0.5) is 0 Å². The number of carbonyl (C=O) groups excluding carboxylic acids is 1. The molecule has 4 atom stereocenters. The molecule has 3 heteroatoms. The Morgan fingerprint density at radius 1 is 1.44 bits per heavy atom. The highest BCUT2D eigenvalue weighted by Crippen LogP contribution is 2.17. The monoisotopic (exact) mass is 226 g/mol. The van der Waals surface area contributed by atoms with Crippen molar-refractivity contribution in [3.05, 3.63) is 0 Å². The molecule has 0 saturated carbocycles. The van der Waals surface area contributed by atoms with Crippen LogP contribution < -0.4 is 10.6 Å². The van der Waals surface area contributed by atoms with Crippen molar-refractivity contribution < 1.29 is 4.79 Å². The third kappa shape index (κ3) is 3.78. The van der Waals surface area contributed by atoms with Crippen molar-refractivity contribution in [2.24, 2.45) is 17.8 Å². The average molecular weight is 226 g/mol. The lowest BCUT2D eigenvalue weighted by Gasteiger charge is -2.21. The summed E-state index contributed by atoms with van der Waals surface area (Å²) >= 11 is 0. The topological polar surface area (TPSA) is 41.1 Å². The van der Waals surface area contributed by atoms with Crippen LogP contribution in [0.5, 0.6) is 0 Å². The summed E-state index contributed by atoms with van der Waals surface area (Å²) < 4.78 is 0. The maximum Gasteiger partial charge on any atom is 0.224 e. The van der Waals surface area contributed by atoms with Gasteiger partial charge in [0.1, 0.15) is 0 Å². The molecule has 3 nitrogen and oxygen atoms in total. The summed E-state index contributed by atoms with van der Waals surface area (Å²) in [5.74, 6) is 1.55. The van der Waals surface area contributed by atoms with Crippen LogP contribution in [0.25, 0.3) is 0 Å². The molecule has 1 saturated heterocycles. The van der Waals surface area contributed by atoms with Gasteiger partial charge in [-0.25, -0.2) is 0 Å². The summed E-state index contributed by atoms with van der Waals surface area (Å²) in [6.45, 7) is 10.5. The summed E-state index contributed by atoms with van der Waals surface area (Å²) in [6.07, 6.45) is 2.26. The molecule has 16 heavy (non-hydrogen) atoms. The van der Waals surface area contributed by atoms with Gasteiger partial charge in [-0.2, -0.15) is 0 Å². The third-order valence-corrected chi connectivity index (χ3v) is 3.70. The first-order valence-electron chi connectivity index (χ1n) is 6.55. The van der Waals surface area contributed by atoms with Gasteiger partial charge in [0, 0.05) is 12.6 Å². The van der Waals surface area contributed by atoms with Crippen molar-refractivity contribution in [3.63, 3.8) is 0 Å². The summed E-state index contributed by atoms with van der Waals surface area (Å²) in [5, 5.41) is 6.41. The van der Waals surface area contributed by atoms with Crippen molar-refractivity contribution in [1.29, 1.82) is 0 Å². The first kappa shape index (κ1) is 13.5. The molecule has 1 aliphatic rings. The lowest BCUT2D eigenvalue weighted by molar-refractivity contribution is -0.126. The van der Waals surface area contributed by atoms with Crippen molar-refractivity contribution in [2.45, 2.75) is 46.6 Å². The van der Waals surface area contributed by atoms with Crippen molar-refractivity contribution >= 4 is 5.91 Å². The summed E-state index contributed by atoms with van der Waals surface area (Å²) in [4.78, 5) is 12.0. The lowest BCUT2D eigenvalue weighted by atomic mass is 9.95. The van der Waals surface area contributed by atoms with E-state index in [1.807, 2.05) is 0 Å². The Balaban J connectivity index is 2.33. The summed E-state index contributed by atoms with van der Waals surface area (Å²) in [7, 11) is 0. The van der Waals surface area contributed by atoms with Crippen molar-refractivity contribution in [3.8, 4) is 0 Å². The minimum absolute atomic E-state index is 0.166. The number of carbonyl (C=O) groups is 1. The Morgan fingerprint density at radius 3 is 2.62 bits per heavy atom. The van der Waals surface area contributed by atoms with Crippen molar-refractivity contribution in [2.75, 3.05) is 13.1 Å². The van der Waals surface area contributed by atoms with E-state index in [-0.39, 0.29) is 11.8 Å². The van der Waals surface area contributed by atoms with Crippen LogP contribution in [-0.4, -0.2) is 25.0 Å². The molecule has 0 bridgehead atoms. The Labute approximate surface area is 99.4 Å².